The first-order valence-electron chi connectivity index (χ1n) is 6.85. The van der Waals surface area contributed by atoms with Crippen molar-refractivity contribution in [2.75, 3.05) is 7.11 Å². The number of rotatable bonds is 3. The SMILES string of the molecule is CCc1ccccc1-c1[c]c2ccc(C(=O)OC)cc2s1. The van der Waals surface area contributed by atoms with Crippen LogP contribution in [0.1, 0.15) is 22.8 Å². The molecule has 0 atom stereocenters. The van der Waals surface area contributed by atoms with Gasteiger partial charge in [0.25, 0.3) is 0 Å². The molecule has 1 heterocycles. The van der Waals surface area contributed by atoms with Crippen LogP contribution in [0.25, 0.3) is 20.5 Å². The molecule has 3 rings (SSSR count). The summed E-state index contributed by atoms with van der Waals surface area (Å²) in [6, 6.07) is 17.4. The highest BCUT2D eigenvalue weighted by Gasteiger charge is 2.11. The number of aryl methyl sites for hydroxylation is 1. The third-order valence-electron chi connectivity index (χ3n) is 3.51. The van der Waals surface area contributed by atoms with Crippen molar-refractivity contribution in [2.24, 2.45) is 0 Å². The van der Waals surface area contributed by atoms with E-state index in [2.05, 4.69) is 31.2 Å². The molecule has 3 heteroatoms. The summed E-state index contributed by atoms with van der Waals surface area (Å²) >= 11 is 1.66. The Kier molecular flexibility index (Phi) is 3.76. The van der Waals surface area contributed by atoms with E-state index in [1.54, 1.807) is 17.4 Å². The Morgan fingerprint density at radius 2 is 2.05 bits per heavy atom. The molecule has 2 aromatic carbocycles. The number of carbonyl (C=O) groups is 1. The molecule has 0 aliphatic rings. The summed E-state index contributed by atoms with van der Waals surface area (Å²) < 4.78 is 5.82. The minimum absolute atomic E-state index is 0.305. The topological polar surface area (TPSA) is 26.3 Å². The van der Waals surface area contributed by atoms with Gasteiger partial charge in [-0.3, -0.25) is 0 Å². The number of esters is 1. The van der Waals surface area contributed by atoms with Gasteiger partial charge in [-0.25, -0.2) is 4.79 Å². The molecule has 0 amide bonds. The van der Waals surface area contributed by atoms with Crippen LogP contribution in [-0.2, 0) is 11.2 Å². The van der Waals surface area contributed by atoms with Crippen LogP contribution in [0.15, 0.2) is 42.5 Å². The highest BCUT2D eigenvalue weighted by Crippen LogP contribution is 2.35. The zero-order valence-corrected chi connectivity index (χ0v) is 12.8. The van der Waals surface area contributed by atoms with Gasteiger partial charge < -0.3 is 4.74 Å². The number of thiophene rings is 1. The molecule has 21 heavy (non-hydrogen) atoms. The first-order chi connectivity index (χ1) is 10.2. The summed E-state index contributed by atoms with van der Waals surface area (Å²) in [5.41, 5.74) is 3.12. The summed E-state index contributed by atoms with van der Waals surface area (Å²) in [5.74, 6) is -0.305. The normalized spacial score (nSPS) is 10.8. The van der Waals surface area contributed by atoms with Crippen molar-refractivity contribution in [1.82, 2.24) is 0 Å². The van der Waals surface area contributed by atoms with Crippen molar-refractivity contribution in [3.63, 3.8) is 0 Å². The second-order valence-electron chi connectivity index (χ2n) is 4.77. The molecule has 2 nitrogen and oxygen atoms in total. The zero-order valence-electron chi connectivity index (χ0n) is 12.0. The molecule has 105 valence electrons. The highest BCUT2D eigenvalue weighted by molar-refractivity contribution is 7.22. The second kappa shape index (κ2) is 5.70. The van der Waals surface area contributed by atoms with E-state index in [9.17, 15) is 4.79 Å². The molecule has 0 spiro atoms. The van der Waals surface area contributed by atoms with Gasteiger partial charge in [0.15, 0.2) is 0 Å². The van der Waals surface area contributed by atoms with Gasteiger partial charge >= 0.3 is 5.97 Å². The van der Waals surface area contributed by atoms with Gasteiger partial charge in [0.1, 0.15) is 0 Å². The number of benzene rings is 2. The van der Waals surface area contributed by atoms with E-state index in [0.29, 0.717) is 5.56 Å². The maximum Gasteiger partial charge on any atom is 0.337 e. The molecular formula is C18H15O2S. The van der Waals surface area contributed by atoms with Crippen molar-refractivity contribution >= 4 is 27.4 Å². The zero-order chi connectivity index (χ0) is 14.8. The molecule has 0 N–H and O–H groups in total. The fourth-order valence-corrected chi connectivity index (χ4v) is 3.49. The van der Waals surface area contributed by atoms with Crippen molar-refractivity contribution in [2.45, 2.75) is 13.3 Å². The Bertz CT molecular complexity index is 802. The number of methoxy groups -OCH3 is 1. The fraction of sp³-hybridized carbons (Fsp3) is 0.167. The predicted octanol–water partition coefficient (Wildman–Crippen LogP) is 4.72. The minimum atomic E-state index is -0.305. The third kappa shape index (κ3) is 2.57. The Balaban J connectivity index is 2.11. The predicted molar refractivity (Wildman–Crippen MR) is 86.8 cm³/mol. The molecule has 0 saturated heterocycles. The van der Waals surface area contributed by atoms with Gasteiger partial charge in [0.05, 0.1) is 12.7 Å². The van der Waals surface area contributed by atoms with Crippen LogP contribution in [0.2, 0.25) is 0 Å². The average molecular weight is 295 g/mol. The Hall–Kier alpha value is -2.13. The molecule has 0 aliphatic heterocycles. The summed E-state index contributed by atoms with van der Waals surface area (Å²) in [4.78, 5) is 12.7. The number of hydrogen-bond donors (Lipinski definition) is 0. The van der Waals surface area contributed by atoms with E-state index >= 15 is 0 Å². The third-order valence-corrected chi connectivity index (χ3v) is 4.59. The number of hydrogen-bond acceptors (Lipinski definition) is 3. The van der Waals surface area contributed by atoms with E-state index in [4.69, 9.17) is 4.74 Å². The van der Waals surface area contributed by atoms with Crippen LogP contribution in [-0.4, -0.2) is 13.1 Å². The monoisotopic (exact) mass is 295 g/mol. The maximum absolute atomic E-state index is 11.6. The lowest BCUT2D eigenvalue weighted by atomic mass is 10.0. The number of carbonyl (C=O) groups excluding carboxylic acids is 1. The summed E-state index contributed by atoms with van der Waals surface area (Å²) in [7, 11) is 1.40. The molecule has 0 saturated carbocycles. The van der Waals surface area contributed by atoms with Crippen LogP contribution in [0, 0.1) is 6.07 Å². The molecule has 0 unspecified atom stereocenters. The van der Waals surface area contributed by atoms with Gasteiger partial charge in [0, 0.05) is 21.0 Å². The molecule has 0 aliphatic carbocycles. The average Bonchev–Trinajstić information content (AvgIpc) is 2.96. The van der Waals surface area contributed by atoms with Crippen LogP contribution in [0.5, 0.6) is 0 Å². The van der Waals surface area contributed by atoms with Gasteiger partial charge in [0.2, 0.25) is 0 Å². The Morgan fingerprint density at radius 3 is 2.81 bits per heavy atom. The van der Waals surface area contributed by atoms with E-state index < -0.39 is 0 Å². The molecule has 1 aromatic heterocycles. The van der Waals surface area contributed by atoms with E-state index in [-0.39, 0.29) is 5.97 Å². The quantitative estimate of drug-likeness (QED) is 0.654. The lowest BCUT2D eigenvalue weighted by molar-refractivity contribution is 0.0601. The fourth-order valence-electron chi connectivity index (χ4n) is 2.39. The van der Waals surface area contributed by atoms with Crippen molar-refractivity contribution < 1.29 is 9.53 Å². The molecule has 0 fully saturated rings. The number of fused-ring (bicyclic) bond motifs is 1. The maximum atomic E-state index is 11.6. The van der Waals surface area contributed by atoms with Crippen molar-refractivity contribution in [1.29, 1.82) is 0 Å². The smallest absolute Gasteiger partial charge is 0.337 e. The minimum Gasteiger partial charge on any atom is -0.465 e. The van der Waals surface area contributed by atoms with Crippen molar-refractivity contribution in [3.05, 3.63) is 59.7 Å². The van der Waals surface area contributed by atoms with Gasteiger partial charge in [-0.1, -0.05) is 37.3 Å². The summed E-state index contributed by atoms with van der Waals surface area (Å²) in [6.45, 7) is 2.15. The van der Waals surface area contributed by atoms with E-state index in [0.717, 1.165) is 21.4 Å². The first kappa shape index (κ1) is 13.8. The van der Waals surface area contributed by atoms with E-state index in [1.807, 2.05) is 18.2 Å². The molecule has 0 bridgehead atoms. The van der Waals surface area contributed by atoms with E-state index in [1.165, 1.54) is 18.2 Å². The van der Waals surface area contributed by atoms with Crippen LogP contribution in [0.4, 0.5) is 0 Å². The first-order valence-corrected chi connectivity index (χ1v) is 7.67. The number of ether oxygens (including phenoxy) is 1. The molecule has 1 radical (unpaired) electrons. The van der Waals surface area contributed by atoms with Crippen LogP contribution >= 0.6 is 11.3 Å². The van der Waals surface area contributed by atoms with Gasteiger partial charge in [-0.05, 0) is 29.7 Å². The standard InChI is InChI=1S/C18H15O2S/c1-3-12-6-4-5-7-15(12)17-10-13-8-9-14(18(19)20-2)11-16(13)21-17/h4-9,11H,3H2,1-2H3. The van der Waals surface area contributed by atoms with Crippen LogP contribution < -0.4 is 0 Å². The largest absolute Gasteiger partial charge is 0.465 e. The molecular weight excluding hydrogens is 280 g/mol. The summed E-state index contributed by atoms with van der Waals surface area (Å²) in [5, 5.41) is 1.04. The Labute approximate surface area is 128 Å². The van der Waals surface area contributed by atoms with Gasteiger partial charge in [-0.15, -0.1) is 11.3 Å². The lowest BCUT2D eigenvalue weighted by Crippen LogP contribution is -1.99. The Morgan fingerprint density at radius 1 is 1.24 bits per heavy atom. The van der Waals surface area contributed by atoms with Crippen LogP contribution in [0.3, 0.4) is 0 Å². The van der Waals surface area contributed by atoms with Crippen molar-refractivity contribution in [3.8, 4) is 10.4 Å². The molecule has 3 aromatic rings. The van der Waals surface area contributed by atoms with Gasteiger partial charge in [-0.2, -0.15) is 0 Å². The summed E-state index contributed by atoms with van der Waals surface area (Å²) in [6.07, 6.45) is 0.992. The second-order valence-corrected chi connectivity index (χ2v) is 5.82. The lowest BCUT2D eigenvalue weighted by Gasteiger charge is -2.03. The highest BCUT2D eigenvalue weighted by atomic mass is 32.1.